The van der Waals surface area contributed by atoms with Crippen LogP contribution in [0, 0.1) is 0 Å². The summed E-state index contributed by atoms with van der Waals surface area (Å²) >= 11 is 0. The molecule has 1 saturated heterocycles. The number of benzene rings is 1. The van der Waals surface area contributed by atoms with E-state index in [-0.39, 0.29) is 11.9 Å². The van der Waals surface area contributed by atoms with Gasteiger partial charge in [0.2, 0.25) is 5.91 Å². The third-order valence-corrected chi connectivity index (χ3v) is 4.86. The van der Waals surface area contributed by atoms with Crippen LogP contribution in [-0.4, -0.2) is 44.0 Å². The average Bonchev–Trinajstić information content (AvgIpc) is 3.17. The summed E-state index contributed by atoms with van der Waals surface area (Å²) in [6.07, 6.45) is 6.62. The summed E-state index contributed by atoms with van der Waals surface area (Å²) in [7, 11) is 1.63. The molecule has 0 spiro atoms. The largest absolute Gasteiger partial charge is 0.497 e. The molecule has 1 atom stereocenters. The van der Waals surface area contributed by atoms with Gasteiger partial charge >= 0.3 is 0 Å². The van der Waals surface area contributed by atoms with Crippen molar-refractivity contribution in [3.8, 4) is 5.75 Å². The Bertz CT molecular complexity index is 923. The third-order valence-electron chi connectivity index (χ3n) is 4.86. The molecule has 3 heterocycles. The normalized spacial score (nSPS) is 17.4. The molecule has 7 heteroatoms. The predicted molar refractivity (Wildman–Crippen MR) is 95.8 cm³/mol. The predicted octanol–water partition coefficient (Wildman–Crippen LogP) is 2.43. The lowest BCUT2D eigenvalue weighted by Gasteiger charge is -2.36. The smallest absolute Gasteiger partial charge is 0.252 e. The number of fused-ring (bicyclic) bond motifs is 1. The van der Waals surface area contributed by atoms with Crippen LogP contribution in [0.1, 0.15) is 36.6 Å². The molecule has 1 aromatic carbocycles. The van der Waals surface area contributed by atoms with Crippen molar-refractivity contribution in [3.05, 3.63) is 54.1 Å². The highest BCUT2D eigenvalue weighted by molar-refractivity contribution is 5.79. The van der Waals surface area contributed by atoms with Gasteiger partial charge in [0.15, 0.2) is 0 Å². The molecule has 0 radical (unpaired) electrons. The van der Waals surface area contributed by atoms with Crippen LogP contribution >= 0.6 is 0 Å². The monoisotopic (exact) mass is 351 g/mol. The second kappa shape index (κ2) is 7.11. The molecule has 1 aliphatic rings. The van der Waals surface area contributed by atoms with Crippen LogP contribution in [0.2, 0.25) is 0 Å². The van der Waals surface area contributed by atoms with E-state index in [2.05, 4.69) is 15.1 Å². The fourth-order valence-corrected chi connectivity index (χ4v) is 3.60. The minimum absolute atomic E-state index is 0.00550. The number of hydrogen-bond acceptors (Lipinski definition) is 5. The molecule has 0 bridgehead atoms. The van der Waals surface area contributed by atoms with Crippen molar-refractivity contribution in [2.45, 2.75) is 31.7 Å². The number of rotatable bonds is 4. The van der Waals surface area contributed by atoms with Crippen LogP contribution in [0.4, 0.5) is 0 Å². The lowest BCUT2D eigenvalue weighted by atomic mass is 9.98. The number of methoxy groups -OCH3 is 1. The molecule has 3 aromatic rings. The number of nitrogens with zero attached hydrogens (tertiary/aromatic N) is 5. The minimum atomic E-state index is -0.00550. The van der Waals surface area contributed by atoms with Gasteiger partial charge in [-0.05, 0) is 43.0 Å². The number of amides is 1. The summed E-state index contributed by atoms with van der Waals surface area (Å²) in [4.78, 5) is 23.4. The number of likely N-dealkylation sites (tertiary alicyclic amines) is 1. The Morgan fingerprint density at radius 1 is 1.27 bits per heavy atom. The molecule has 1 amide bonds. The lowest BCUT2D eigenvalue weighted by molar-refractivity contribution is -0.134. The first kappa shape index (κ1) is 16.5. The van der Waals surface area contributed by atoms with Gasteiger partial charge in [0.05, 0.1) is 25.3 Å². The number of carbonyl (C=O) groups excluding carboxylic acids is 1. The minimum Gasteiger partial charge on any atom is -0.497 e. The maximum atomic E-state index is 13.0. The summed E-state index contributed by atoms with van der Waals surface area (Å²) in [5.74, 6) is 1.45. The van der Waals surface area contributed by atoms with Crippen molar-refractivity contribution in [3.63, 3.8) is 0 Å². The van der Waals surface area contributed by atoms with Crippen LogP contribution in [0.5, 0.6) is 5.75 Å². The van der Waals surface area contributed by atoms with E-state index in [1.165, 1.54) is 6.33 Å². The standard InChI is InChI=1S/C19H21N5O2/c1-26-15-6-4-5-14(11-15)12-18(25)23-10-3-2-7-16(23)17-8-9-20-19-21-13-22-24(17)19/h4-6,8-9,11,13,16H,2-3,7,10,12H2,1H3. The van der Waals surface area contributed by atoms with E-state index in [0.717, 1.165) is 42.8 Å². The maximum Gasteiger partial charge on any atom is 0.252 e. The Balaban J connectivity index is 1.61. The van der Waals surface area contributed by atoms with Gasteiger partial charge in [-0.3, -0.25) is 4.79 Å². The van der Waals surface area contributed by atoms with E-state index in [1.807, 2.05) is 35.2 Å². The molecule has 0 N–H and O–H groups in total. The second-order valence-electron chi connectivity index (χ2n) is 6.47. The van der Waals surface area contributed by atoms with E-state index in [9.17, 15) is 4.79 Å². The molecule has 2 aromatic heterocycles. The Morgan fingerprint density at radius 2 is 2.19 bits per heavy atom. The van der Waals surface area contributed by atoms with Crippen LogP contribution < -0.4 is 4.74 Å². The Kier molecular flexibility index (Phi) is 4.51. The summed E-state index contributed by atoms with van der Waals surface area (Å²) in [5, 5.41) is 4.28. The fourth-order valence-electron chi connectivity index (χ4n) is 3.60. The van der Waals surface area contributed by atoms with E-state index in [4.69, 9.17) is 4.74 Å². The van der Waals surface area contributed by atoms with Gasteiger partial charge in [-0.2, -0.15) is 14.6 Å². The first-order valence-corrected chi connectivity index (χ1v) is 8.83. The van der Waals surface area contributed by atoms with Crippen LogP contribution in [0.15, 0.2) is 42.9 Å². The highest BCUT2D eigenvalue weighted by Gasteiger charge is 2.30. The first-order chi connectivity index (χ1) is 12.8. The van der Waals surface area contributed by atoms with Gasteiger partial charge in [-0.15, -0.1) is 0 Å². The van der Waals surface area contributed by atoms with E-state index >= 15 is 0 Å². The highest BCUT2D eigenvalue weighted by atomic mass is 16.5. The average molecular weight is 351 g/mol. The number of hydrogen-bond donors (Lipinski definition) is 0. The maximum absolute atomic E-state index is 13.0. The van der Waals surface area contributed by atoms with Crippen LogP contribution in [-0.2, 0) is 11.2 Å². The van der Waals surface area contributed by atoms with Gasteiger partial charge in [-0.25, -0.2) is 4.98 Å². The number of aromatic nitrogens is 4. The highest BCUT2D eigenvalue weighted by Crippen LogP contribution is 2.31. The molecule has 134 valence electrons. The molecular weight excluding hydrogens is 330 g/mol. The number of piperidine rings is 1. The van der Waals surface area contributed by atoms with Crippen molar-refractivity contribution in [1.29, 1.82) is 0 Å². The molecule has 0 aliphatic carbocycles. The quantitative estimate of drug-likeness (QED) is 0.722. The van der Waals surface area contributed by atoms with E-state index in [0.29, 0.717) is 12.2 Å². The zero-order valence-electron chi connectivity index (χ0n) is 14.7. The summed E-state index contributed by atoms with van der Waals surface area (Å²) in [6.45, 7) is 0.756. The van der Waals surface area contributed by atoms with Crippen LogP contribution in [0.25, 0.3) is 5.78 Å². The molecule has 4 rings (SSSR count). The molecule has 1 fully saturated rings. The van der Waals surface area contributed by atoms with Crippen molar-refractivity contribution in [2.75, 3.05) is 13.7 Å². The molecule has 26 heavy (non-hydrogen) atoms. The Morgan fingerprint density at radius 3 is 3.08 bits per heavy atom. The lowest BCUT2D eigenvalue weighted by Crippen LogP contribution is -2.40. The zero-order chi connectivity index (χ0) is 17.9. The number of ether oxygens (including phenoxy) is 1. The second-order valence-corrected chi connectivity index (χ2v) is 6.47. The molecular formula is C19H21N5O2. The van der Waals surface area contributed by atoms with Crippen molar-refractivity contribution in [1.82, 2.24) is 24.5 Å². The summed E-state index contributed by atoms with van der Waals surface area (Å²) in [6, 6.07) is 9.60. The molecule has 1 aliphatic heterocycles. The third kappa shape index (κ3) is 3.12. The van der Waals surface area contributed by atoms with Gasteiger partial charge in [0.25, 0.3) is 5.78 Å². The van der Waals surface area contributed by atoms with Crippen molar-refractivity contribution < 1.29 is 9.53 Å². The van der Waals surface area contributed by atoms with Gasteiger partial charge in [-0.1, -0.05) is 12.1 Å². The van der Waals surface area contributed by atoms with Crippen molar-refractivity contribution >= 4 is 11.7 Å². The van der Waals surface area contributed by atoms with Gasteiger partial charge in [0, 0.05) is 12.7 Å². The summed E-state index contributed by atoms with van der Waals surface area (Å²) < 4.78 is 7.00. The molecule has 1 unspecified atom stereocenters. The number of carbonyl (C=O) groups is 1. The SMILES string of the molecule is COc1cccc(CC(=O)N2CCCCC2c2ccnc3ncnn23)c1. The van der Waals surface area contributed by atoms with E-state index in [1.54, 1.807) is 17.8 Å². The fraction of sp³-hybridized carbons (Fsp3) is 0.368. The zero-order valence-corrected chi connectivity index (χ0v) is 14.7. The molecule has 7 nitrogen and oxygen atoms in total. The Labute approximate surface area is 151 Å². The molecule has 0 saturated carbocycles. The summed E-state index contributed by atoms with van der Waals surface area (Å²) in [5.41, 5.74) is 1.92. The van der Waals surface area contributed by atoms with Crippen LogP contribution in [0.3, 0.4) is 0 Å². The van der Waals surface area contributed by atoms with Crippen molar-refractivity contribution in [2.24, 2.45) is 0 Å². The van der Waals surface area contributed by atoms with Gasteiger partial charge < -0.3 is 9.64 Å². The first-order valence-electron chi connectivity index (χ1n) is 8.83. The van der Waals surface area contributed by atoms with E-state index < -0.39 is 0 Å². The Hall–Kier alpha value is -2.96. The van der Waals surface area contributed by atoms with Gasteiger partial charge in [0.1, 0.15) is 12.1 Å². The topological polar surface area (TPSA) is 72.6 Å².